The normalized spacial score (nSPS) is 20.7. The van der Waals surface area contributed by atoms with Crippen molar-refractivity contribution in [3.05, 3.63) is 35.4 Å². The number of carbonyl (C=O) groups is 3. The number of piperidine rings is 1. The number of likely N-dealkylation sites (tertiary alicyclic amines) is 1. The highest BCUT2D eigenvalue weighted by molar-refractivity contribution is 5.95. The average molecular weight is 426 g/mol. The second-order valence-electron chi connectivity index (χ2n) is 7.29. The largest absolute Gasteiger partial charge is 0.469 e. The van der Waals surface area contributed by atoms with Gasteiger partial charge < -0.3 is 14.4 Å². The number of methoxy groups -OCH3 is 2. The molecule has 1 unspecified atom stereocenters. The molecule has 1 atom stereocenters. The first-order valence-corrected chi connectivity index (χ1v) is 9.61. The molecule has 1 spiro atoms. The fraction of sp³-hybridized carbons (Fsp3) is 0.550. The van der Waals surface area contributed by atoms with Gasteiger partial charge in [-0.3, -0.25) is 19.2 Å². The molecule has 2 amide bonds. The molecule has 0 saturated carbocycles. The Morgan fingerprint density at radius 3 is 2.50 bits per heavy atom. The van der Waals surface area contributed by atoms with E-state index in [0.717, 1.165) is 6.07 Å². The van der Waals surface area contributed by atoms with Crippen molar-refractivity contribution in [2.45, 2.75) is 24.8 Å². The molecule has 0 aromatic heterocycles. The molecule has 2 aliphatic heterocycles. The van der Waals surface area contributed by atoms with Crippen LogP contribution in [0.2, 0.25) is 0 Å². The number of amides is 2. The van der Waals surface area contributed by atoms with Crippen molar-refractivity contribution in [3.63, 3.8) is 0 Å². The summed E-state index contributed by atoms with van der Waals surface area (Å²) in [6, 6.07) is 3.44. The van der Waals surface area contributed by atoms with Gasteiger partial charge in [-0.1, -0.05) is 6.07 Å². The zero-order valence-electron chi connectivity index (χ0n) is 16.9. The van der Waals surface area contributed by atoms with Crippen molar-refractivity contribution < 1.29 is 37.5 Å². The lowest BCUT2D eigenvalue weighted by atomic mass is 9.77. The van der Waals surface area contributed by atoms with Crippen molar-refractivity contribution >= 4 is 17.8 Å². The van der Waals surface area contributed by atoms with E-state index >= 15 is 0 Å². The maximum Gasteiger partial charge on any atom is 0.311 e. The summed E-state index contributed by atoms with van der Waals surface area (Å²) in [5.41, 5.74) is -1.33. The molecule has 8 nitrogen and oxygen atoms in total. The minimum absolute atomic E-state index is 0.0634. The Labute approximate surface area is 172 Å². The van der Waals surface area contributed by atoms with Crippen LogP contribution in [0.3, 0.4) is 0 Å². The smallest absolute Gasteiger partial charge is 0.311 e. The van der Waals surface area contributed by atoms with E-state index in [-0.39, 0.29) is 57.0 Å². The van der Waals surface area contributed by atoms with Crippen molar-refractivity contribution in [3.8, 4) is 0 Å². The molecule has 0 radical (unpaired) electrons. The van der Waals surface area contributed by atoms with Gasteiger partial charge in [0.15, 0.2) is 11.6 Å². The summed E-state index contributed by atoms with van der Waals surface area (Å²) < 4.78 is 37.4. The number of hydrogen-bond acceptors (Lipinski definition) is 6. The van der Waals surface area contributed by atoms with Crippen LogP contribution in [0.25, 0.3) is 0 Å². The van der Waals surface area contributed by atoms with Crippen molar-refractivity contribution in [1.29, 1.82) is 0 Å². The number of rotatable bonds is 6. The second kappa shape index (κ2) is 9.05. The topological polar surface area (TPSA) is 85.4 Å². The number of hydroxylamine groups is 2. The quantitative estimate of drug-likeness (QED) is 0.507. The maximum atomic E-state index is 14.0. The molecular weight excluding hydrogens is 402 g/mol. The number of halogens is 2. The minimum atomic E-state index is -1.20. The van der Waals surface area contributed by atoms with E-state index in [2.05, 4.69) is 0 Å². The lowest BCUT2D eigenvalue weighted by Gasteiger charge is -2.45. The van der Waals surface area contributed by atoms with E-state index in [0.29, 0.717) is 0 Å². The van der Waals surface area contributed by atoms with Crippen LogP contribution >= 0.6 is 0 Å². The molecule has 1 aromatic rings. The minimum Gasteiger partial charge on any atom is -0.469 e. The summed E-state index contributed by atoms with van der Waals surface area (Å²) in [7, 11) is 2.75. The summed E-state index contributed by atoms with van der Waals surface area (Å²) >= 11 is 0. The maximum absolute atomic E-state index is 14.0. The van der Waals surface area contributed by atoms with Gasteiger partial charge in [0.1, 0.15) is 0 Å². The monoisotopic (exact) mass is 426 g/mol. The summed E-state index contributed by atoms with van der Waals surface area (Å²) in [5, 5.41) is 1.22. The van der Waals surface area contributed by atoms with Crippen LogP contribution in [0.5, 0.6) is 0 Å². The Balaban J connectivity index is 1.80. The van der Waals surface area contributed by atoms with Gasteiger partial charge in [-0.2, -0.15) is 0 Å². The van der Waals surface area contributed by atoms with E-state index in [4.69, 9.17) is 14.3 Å². The number of nitrogens with zero attached hydrogens (tertiary/aromatic N) is 2. The first-order valence-electron chi connectivity index (χ1n) is 9.61. The molecule has 2 fully saturated rings. The van der Waals surface area contributed by atoms with Gasteiger partial charge in [0, 0.05) is 26.6 Å². The number of carbonyl (C=O) groups excluding carboxylic acids is 3. The molecule has 0 bridgehead atoms. The molecule has 10 heteroatoms. The fourth-order valence-corrected chi connectivity index (χ4v) is 4.18. The van der Waals surface area contributed by atoms with Gasteiger partial charge >= 0.3 is 5.97 Å². The highest BCUT2D eigenvalue weighted by Gasteiger charge is 2.58. The SMILES string of the molecule is COCCON1C(=O)CC(C(=O)OC)C12CCN(C(=O)c1cccc(F)c1F)CC2. The van der Waals surface area contributed by atoms with Crippen LogP contribution in [0.1, 0.15) is 29.6 Å². The Kier molecular flexibility index (Phi) is 6.67. The molecule has 30 heavy (non-hydrogen) atoms. The zero-order chi connectivity index (χ0) is 21.9. The highest BCUT2D eigenvalue weighted by Crippen LogP contribution is 2.44. The summed E-state index contributed by atoms with van der Waals surface area (Å²) in [6.07, 6.45) is 0.397. The molecule has 0 N–H and O–H groups in total. The Morgan fingerprint density at radius 2 is 1.87 bits per heavy atom. The van der Waals surface area contributed by atoms with Crippen molar-refractivity contribution in [2.24, 2.45) is 5.92 Å². The number of benzene rings is 1. The first-order chi connectivity index (χ1) is 14.4. The van der Waals surface area contributed by atoms with E-state index in [9.17, 15) is 23.2 Å². The Hall–Kier alpha value is -2.59. The van der Waals surface area contributed by atoms with E-state index in [1.54, 1.807) is 0 Å². The molecule has 3 rings (SSSR count). The van der Waals surface area contributed by atoms with Crippen LogP contribution in [-0.4, -0.2) is 73.8 Å². The lowest BCUT2D eigenvalue weighted by molar-refractivity contribution is -0.226. The van der Waals surface area contributed by atoms with Crippen molar-refractivity contribution in [1.82, 2.24) is 9.96 Å². The molecule has 2 saturated heterocycles. The van der Waals surface area contributed by atoms with Crippen molar-refractivity contribution in [2.75, 3.05) is 40.5 Å². The predicted octanol–water partition coefficient (Wildman–Crippen LogP) is 1.54. The van der Waals surface area contributed by atoms with Gasteiger partial charge in [-0.15, -0.1) is 0 Å². The van der Waals surface area contributed by atoms with Gasteiger partial charge in [-0.25, -0.2) is 13.8 Å². The molecular formula is C20H24F2N2O6. The third-order valence-corrected chi connectivity index (χ3v) is 5.75. The zero-order valence-corrected chi connectivity index (χ0v) is 16.9. The van der Waals surface area contributed by atoms with Crippen LogP contribution in [0.4, 0.5) is 8.78 Å². The molecule has 0 aliphatic carbocycles. The standard InChI is InChI=1S/C20H24F2N2O6/c1-28-10-11-30-24-16(25)12-14(19(27)29-2)20(24)6-8-23(9-7-20)18(26)13-4-3-5-15(21)17(13)22/h3-5,14H,6-12H2,1-2H3. The number of hydrogen-bond donors (Lipinski definition) is 0. The summed E-state index contributed by atoms with van der Waals surface area (Å²) in [5.74, 6) is -4.57. The van der Waals surface area contributed by atoms with Crippen LogP contribution < -0.4 is 0 Å². The van der Waals surface area contributed by atoms with Crippen LogP contribution in [0, 0.1) is 17.6 Å². The molecule has 1 aromatic carbocycles. The summed E-state index contributed by atoms with van der Waals surface area (Å²) in [6.45, 7) is 0.653. The van der Waals surface area contributed by atoms with Gasteiger partial charge in [0.2, 0.25) is 5.91 Å². The number of ether oxygens (including phenoxy) is 2. The van der Waals surface area contributed by atoms with Gasteiger partial charge in [0.05, 0.1) is 37.3 Å². The van der Waals surface area contributed by atoms with E-state index in [1.807, 2.05) is 0 Å². The van der Waals surface area contributed by atoms with E-state index < -0.39 is 35.0 Å². The molecule has 164 valence electrons. The third-order valence-electron chi connectivity index (χ3n) is 5.75. The lowest BCUT2D eigenvalue weighted by Crippen LogP contribution is -2.58. The summed E-state index contributed by atoms with van der Waals surface area (Å²) in [4.78, 5) is 44.7. The average Bonchev–Trinajstić information content (AvgIpc) is 3.01. The number of esters is 1. The van der Waals surface area contributed by atoms with Gasteiger partial charge in [0.25, 0.3) is 5.91 Å². The fourth-order valence-electron chi connectivity index (χ4n) is 4.18. The Morgan fingerprint density at radius 1 is 1.17 bits per heavy atom. The second-order valence-corrected chi connectivity index (χ2v) is 7.29. The van der Waals surface area contributed by atoms with Crippen LogP contribution in [-0.2, 0) is 23.9 Å². The molecule has 2 heterocycles. The Bertz CT molecular complexity index is 826. The van der Waals surface area contributed by atoms with Crippen LogP contribution in [0.15, 0.2) is 18.2 Å². The third kappa shape index (κ3) is 3.89. The first kappa shape index (κ1) is 22.1. The van der Waals surface area contributed by atoms with E-state index in [1.165, 1.54) is 36.3 Å². The van der Waals surface area contributed by atoms with Gasteiger partial charge in [-0.05, 0) is 25.0 Å². The molecule has 2 aliphatic rings. The highest BCUT2D eigenvalue weighted by atomic mass is 19.2. The predicted molar refractivity (Wildman–Crippen MR) is 99.0 cm³/mol.